The third kappa shape index (κ3) is 3.55. The van der Waals surface area contributed by atoms with Crippen LogP contribution in [0.2, 0.25) is 0 Å². The van der Waals surface area contributed by atoms with Crippen LogP contribution in [0.4, 0.5) is 10.2 Å². The van der Waals surface area contributed by atoms with Crippen LogP contribution in [0.1, 0.15) is 34.8 Å². The van der Waals surface area contributed by atoms with Crippen LogP contribution < -0.4 is 16.0 Å². The summed E-state index contributed by atoms with van der Waals surface area (Å²) in [6.45, 7) is 5.35. The van der Waals surface area contributed by atoms with E-state index in [1.807, 2.05) is 6.20 Å². The SMILES string of the molecule is CCc1c[nH]c2ncnc(N3CC[C@](N)(CNC(=O)c4c(C)cccc4F)C3)c12. The topological polar surface area (TPSA) is 99.9 Å². The van der Waals surface area contributed by atoms with Gasteiger partial charge in [-0.05, 0) is 37.0 Å². The Morgan fingerprint density at radius 2 is 2.24 bits per heavy atom. The summed E-state index contributed by atoms with van der Waals surface area (Å²) in [6, 6.07) is 4.60. The molecule has 1 fully saturated rings. The summed E-state index contributed by atoms with van der Waals surface area (Å²) < 4.78 is 14.1. The Morgan fingerprint density at radius 1 is 1.41 bits per heavy atom. The Morgan fingerprint density at radius 3 is 3.00 bits per heavy atom. The molecule has 0 spiro atoms. The molecule has 29 heavy (non-hydrogen) atoms. The highest BCUT2D eigenvalue weighted by Gasteiger charge is 2.36. The maximum absolute atomic E-state index is 14.1. The van der Waals surface area contributed by atoms with Crippen molar-refractivity contribution in [2.45, 2.75) is 32.2 Å². The van der Waals surface area contributed by atoms with Crippen molar-refractivity contribution < 1.29 is 9.18 Å². The van der Waals surface area contributed by atoms with E-state index in [9.17, 15) is 9.18 Å². The van der Waals surface area contributed by atoms with Crippen LogP contribution in [0.5, 0.6) is 0 Å². The molecule has 8 heteroatoms. The first-order chi connectivity index (χ1) is 13.9. The van der Waals surface area contributed by atoms with Crippen molar-refractivity contribution in [2.75, 3.05) is 24.5 Å². The fraction of sp³-hybridized carbons (Fsp3) is 0.381. The minimum absolute atomic E-state index is 0.0726. The lowest BCUT2D eigenvalue weighted by atomic mass is 9.99. The van der Waals surface area contributed by atoms with Crippen LogP contribution in [0.25, 0.3) is 11.0 Å². The number of fused-ring (bicyclic) bond motifs is 1. The molecule has 152 valence electrons. The molecule has 0 aliphatic carbocycles. The molecule has 0 radical (unpaired) electrons. The van der Waals surface area contributed by atoms with Crippen molar-refractivity contribution in [3.63, 3.8) is 0 Å². The molecule has 1 aliphatic heterocycles. The van der Waals surface area contributed by atoms with Crippen LogP contribution in [0, 0.1) is 12.7 Å². The number of rotatable bonds is 5. The lowest BCUT2D eigenvalue weighted by Crippen LogP contribution is -2.52. The summed E-state index contributed by atoms with van der Waals surface area (Å²) in [7, 11) is 0. The van der Waals surface area contributed by atoms with Crippen molar-refractivity contribution in [2.24, 2.45) is 5.73 Å². The first-order valence-corrected chi connectivity index (χ1v) is 9.80. The number of anilines is 1. The average molecular weight is 396 g/mol. The minimum atomic E-state index is -0.616. The molecule has 0 saturated carbocycles. The smallest absolute Gasteiger partial charge is 0.254 e. The van der Waals surface area contributed by atoms with Crippen LogP contribution in [0.15, 0.2) is 30.7 Å². The van der Waals surface area contributed by atoms with E-state index in [1.54, 1.807) is 25.4 Å². The van der Waals surface area contributed by atoms with Gasteiger partial charge in [-0.15, -0.1) is 0 Å². The zero-order valence-electron chi connectivity index (χ0n) is 16.6. The number of nitrogens with one attached hydrogen (secondary N) is 2. The van der Waals surface area contributed by atoms with Gasteiger partial charge < -0.3 is 20.9 Å². The predicted octanol–water partition coefficient (Wildman–Crippen LogP) is 2.31. The number of benzene rings is 1. The Kier molecular flexibility index (Phi) is 4.96. The monoisotopic (exact) mass is 396 g/mol. The molecule has 3 aromatic rings. The molecule has 1 aromatic carbocycles. The van der Waals surface area contributed by atoms with Gasteiger partial charge in [-0.2, -0.15) is 0 Å². The van der Waals surface area contributed by atoms with E-state index in [0.29, 0.717) is 18.5 Å². The maximum atomic E-state index is 14.1. The number of aromatic nitrogens is 3. The van der Waals surface area contributed by atoms with Crippen LogP contribution in [-0.2, 0) is 6.42 Å². The molecule has 4 N–H and O–H groups in total. The molecule has 3 heterocycles. The van der Waals surface area contributed by atoms with Crippen molar-refractivity contribution in [1.29, 1.82) is 0 Å². The van der Waals surface area contributed by atoms with E-state index in [0.717, 1.165) is 35.4 Å². The van der Waals surface area contributed by atoms with E-state index in [4.69, 9.17) is 5.73 Å². The van der Waals surface area contributed by atoms with Gasteiger partial charge in [-0.3, -0.25) is 4.79 Å². The second-order valence-electron chi connectivity index (χ2n) is 7.74. The molecule has 7 nitrogen and oxygen atoms in total. The second-order valence-corrected chi connectivity index (χ2v) is 7.74. The number of aromatic amines is 1. The number of H-pyrrole nitrogens is 1. The van der Waals surface area contributed by atoms with Gasteiger partial charge >= 0.3 is 0 Å². The van der Waals surface area contributed by atoms with Crippen LogP contribution in [0.3, 0.4) is 0 Å². The first-order valence-electron chi connectivity index (χ1n) is 9.80. The van der Waals surface area contributed by atoms with E-state index >= 15 is 0 Å². The van der Waals surface area contributed by atoms with Gasteiger partial charge in [0.1, 0.15) is 23.6 Å². The van der Waals surface area contributed by atoms with Gasteiger partial charge in [0, 0.05) is 25.8 Å². The summed E-state index contributed by atoms with van der Waals surface area (Å²) in [4.78, 5) is 26.7. The minimum Gasteiger partial charge on any atom is -0.354 e. The number of carbonyl (C=O) groups excluding carboxylic acids is 1. The molecule has 2 aromatic heterocycles. The number of carbonyl (C=O) groups is 1. The zero-order chi connectivity index (χ0) is 20.6. The van der Waals surface area contributed by atoms with Gasteiger partial charge in [0.25, 0.3) is 5.91 Å². The molecular formula is C21H25FN6O. The fourth-order valence-corrected chi connectivity index (χ4v) is 4.01. The number of hydrogen-bond donors (Lipinski definition) is 3. The first kappa shape index (κ1) is 19.3. The standard InChI is InChI=1S/C21H25FN6O/c1-3-14-9-24-18-17(14)19(27-12-26-18)28-8-7-21(23,11-28)10-25-20(29)16-13(2)5-4-6-15(16)22/h4-6,9,12H,3,7-8,10-11,23H2,1-2H3,(H,25,29)(H,24,26,27)/t21-/m0/s1. The van der Waals surface area contributed by atoms with Crippen molar-refractivity contribution >= 4 is 22.8 Å². The summed E-state index contributed by atoms with van der Waals surface area (Å²) in [5, 5.41) is 3.84. The molecule has 4 rings (SSSR count). The zero-order valence-corrected chi connectivity index (χ0v) is 16.6. The number of aryl methyl sites for hydroxylation is 2. The van der Waals surface area contributed by atoms with Gasteiger partial charge in [0.15, 0.2) is 0 Å². The molecule has 1 amide bonds. The van der Waals surface area contributed by atoms with Gasteiger partial charge in [0.2, 0.25) is 0 Å². The molecule has 0 unspecified atom stereocenters. The average Bonchev–Trinajstić information content (AvgIpc) is 3.30. The predicted molar refractivity (Wildman–Crippen MR) is 110 cm³/mol. The van der Waals surface area contributed by atoms with Crippen molar-refractivity contribution in [3.8, 4) is 0 Å². The fourth-order valence-electron chi connectivity index (χ4n) is 4.01. The van der Waals surface area contributed by atoms with Crippen molar-refractivity contribution in [1.82, 2.24) is 20.3 Å². The largest absolute Gasteiger partial charge is 0.354 e. The Hall–Kier alpha value is -3.00. The highest BCUT2D eigenvalue weighted by atomic mass is 19.1. The normalized spacial score (nSPS) is 19.1. The number of nitrogens with two attached hydrogens (primary N) is 1. The van der Waals surface area contributed by atoms with E-state index < -0.39 is 17.3 Å². The van der Waals surface area contributed by atoms with Crippen molar-refractivity contribution in [3.05, 3.63) is 53.2 Å². The van der Waals surface area contributed by atoms with E-state index in [2.05, 4.69) is 32.1 Å². The van der Waals surface area contributed by atoms with Crippen LogP contribution >= 0.6 is 0 Å². The summed E-state index contributed by atoms with van der Waals surface area (Å²) in [5.41, 5.74) is 8.61. The maximum Gasteiger partial charge on any atom is 0.254 e. The molecule has 0 bridgehead atoms. The number of halogens is 1. The van der Waals surface area contributed by atoms with E-state index in [-0.39, 0.29) is 12.1 Å². The summed E-state index contributed by atoms with van der Waals surface area (Å²) in [5.74, 6) is -0.103. The number of nitrogens with zero attached hydrogens (tertiary/aromatic N) is 3. The molecular weight excluding hydrogens is 371 g/mol. The van der Waals surface area contributed by atoms with Gasteiger partial charge in [-0.25, -0.2) is 14.4 Å². The lowest BCUT2D eigenvalue weighted by molar-refractivity contribution is 0.0940. The molecule has 1 aliphatic rings. The van der Waals surface area contributed by atoms with Crippen LogP contribution in [-0.4, -0.2) is 46.0 Å². The highest BCUT2D eigenvalue weighted by molar-refractivity contribution is 5.96. The Balaban J connectivity index is 1.49. The molecule has 1 saturated heterocycles. The van der Waals surface area contributed by atoms with Gasteiger partial charge in [-0.1, -0.05) is 19.1 Å². The lowest BCUT2D eigenvalue weighted by Gasteiger charge is -2.26. The third-order valence-electron chi connectivity index (χ3n) is 5.65. The van der Waals surface area contributed by atoms with E-state index in [1.165, 1.54) is 6.07 Å². The summed E-state index contributed by atoms with van der Waals surface area (Å²) >= 11 is 0. The number of amides is 1. The van der Waals surface area contributed by atoms with Gasteiger partial charge in [0.05, 0.1) is 16.5 Å². The highest BCUT2D eigenvalue weighted by Crippen LogP contribution is 2.31. The second kappa shape index (κ2) is 7.44. The summed E-state index contributed by atoms with van der Waals surface area (Å²) in [6.07, 6.45) is 5.08. The number of hydrogen-bond acceptors (Lipinski definition) is 5. The Labute approximate surface area is 168 Å². The molecule has 1 atom stereocenters. The quantitative estimate of drug-likeness (QED) is 0.615. The third-order valence-corrected chi connectivity index (χ3v) is 5.65. The Bertz CT molecular complexity index is 1040.